The van der Waals surface area contributed by atoms with Gasteiger partial charge in [-0.1, -0.05) is 6.07 Å². The quantitative estimate of drug-likeness (QED) is 0.785. The number of amides is 1. The van der Waals surface area contributed by atoms with Crippen molar-refractivity contribution in [2.45, 2.75) is 6.92 Å². The number of carbonyl (C=O) groups excluding carboxylic acids is 1. The van der Waals surface area contributed by atoms with Crippen LogP contribution in [0.5, 0.6) is 5.75 Å². The normalized spacial score (nSPS) is 9.57. The molecular weight excluding hydrogens is 182 g/mol. The predicted molar refractivity (Wildman–Crippen MR) is 53.5 cm³/mol. The lowest BCUT2D eigenvalue weighted by molar-refractivity contribution is 0.161. The van der Waals surface area contributed by atoms with Gasteiger partial charge in [-0.2, -0.15) is 0 Å². The summed E-state index contributed by atoms with van der Waals surface area (Å²) < 4.78 is 4.80. The molecule has 76 valence electrons. The lowest BCUT2D eigenvalue weighted by atomic mass is 10.3. The van der Waals surface area contributed by atoms with Crippen molar-refractivity contribution >= 4 is 11.8 Å². The van der Waals surface area contributed by atoms with Gasteiger partial charge in [-0.15, -0.1) is 0 Å². The van der Waals surface area contributed by atoms with Gasteiger partial charge in [-0.25, -0.2) is 4.79 Å². The van der Waals surface area contributed by atoms with Crippen molar-refractivity contribution in [3.05, 3.63) is 24.3 Å². The molecule has 1 amide bonds. The minimum absolute atomic E-state index is 0.124. The molecule has 1 N–H and O–H groups in total. The van der Waals surface area contributed by atoms with Gasteiger partial charge in [-0.05, 0) is 19.1 Å². The van der Waals surface area contributed by atoms with Crippen LogP contribution >= 0.6 is 0 Å². The van der Waals surface area contributed by atoms with Crippen LogP contribution in [0.2, 0.25) is 0 Å². The van der Waals surface area contributed by atoms with Gasteiger partial charge >= 0.3 is 6.09 Å². The number of phenols is 1. The first kappa shape index (κ1) is 10.4. The van der Waals surface area contributed by atoms with Crippen LogP contribution in [0.3, 0.4) is 0 Å². The maximum atomic E-state index is 11.3. The number of hydrogen-bond donors (Lipinski definition) is 1. The molecule has 0 fully saturated rings. The summed E-state index contributed by atoms with van der Waals surface area (Å²) in [5.74, 6) is 0.124. The molecule has 0 unspecified atom stereocenters. The van der Waals surface area contributed by atoms with Gasteiger partial charge in [-0.3, -0.25) is 4.90 Å². The van der Waals surface area contributed by atoms with Crippen molar-refractivity contribution in [2.75, 3.05) is 18.6 Å². The van der Waals surface area contributed by atoms with Crippen molar-refractivity contribution in [2.24, 2.45) is 0 Å². The third-order valence-corrected chi connectivity index (χ3v) is 1.76. The molecule has 0 atom stereocenters. The molecule has 0 heterocycles. The van der Waals surface area contributed by atoms with E-state index in [9.17, 15) is 9.90 Å². The van der Waals surface area contributed by atoms with E-state index < -0.39 is 6.09 Å². The van der Waals surface area contributed by atoms with Gasteiger partial charge in [0.2, 0.25) is 0 Å². The first-order valence-electron chi connectivity index (χ1n) is 4.34. The standard InChI is InChI=1S/C10H13NO3/c1-3-14-10(13)11(2)8-5-4-6-9(12)7-8/h4-7,12H,3H2,1-2H3. The average Bonchev–Trinajstić information content (AvgIpc) is 2.17. The van der Waals surface area contributed by atoms with Gasteiger partial charge in [0, 0.05) is 13.1 Å². The number of phenolic OH excluding ortho intramolecular Hbond substituents is 1. The van der Waals surface area contributed by atoms with Crippen LogP contribution in [0.15, 0.2) is 24.3 Å². The first-order chi connectivity index (χ1) is 6.65. The summed E-state index contributed by atoms with van der Waals surface area (Å²) in [6.45, 7) is 2.08. The van der Waals surface area contributed by atoms with Crippen LogP contribution in [0.4, 0.5) is 10.5 Å². The Labute approximate surface area is 82.7 Å². The summed E-state index contributed by atoms with van der Waals surface area (Å²) in [6, 6.07) is 6.43. The molecule has 0 radical (unpaired) electrons. The van der Waals surface area contributed by atoms with E-state index >= 15 is 0 Å². The number of nitrogens with zero attached hydrogens (tertiary/aromatic N) is 1. The summed E-state index contributed by atoms with van der Waals surface area (Å²) in [5.41, 5.74) is 0.600. The highest BCUT2D eigenvalue weighted by atomic mass is 16.6. The lowest BCUT2D eigenvalue weighted by Crippen LogP contribution is -2.26. The molecule has 0 spiro atoms. The van der Waals surface area contributed by atoms with Crippen LogP contribution in [0.25, 0.3) is 0 Å². The van der Waals surface area contributed by atoms with Gasteiger partial charge in [0.15, 0.2) is 0 Å². The molecule has 0 aliphatic carbocycles. The zero-order valence-corrected chi connectivity index (χ0v) is 8.23. The van der Waals surface area contributed by atoms with Gasteiger partial charge in [0.05, 0.1) is 12.3 Å². The Morgan fingerprint density at radius 1 is 1.57 bits per heavy atom. The summed E-state index contributed by atoms with van der Waals surface area (Å²) >= 11 is 0. The van der Waals surface area contributed by atoms with Gasteiger partial charge in [0.1, 0.15) is 5.75 Å². The summed E-state index contributed by atoms with van der Waals surface area (Å²) in [7, 11) is 1.59. The van der Waals surface area contributed by atoms with Crippen molar-refractivity contribution in [3.63, 3.8) is 0 Å². The fraction of sp³-hybridized carbons (Fsp3) is 0.300. The van der Waals surface area contributed by atoms with Gasteiger partial charge in [0.25, 0.3) is 0 Å². The zero-order chi connectivity index (χ0) is 10.6. The second kappa shape index (κ2) is 4.50. The Morgan fingerprint density at radius 2 is 2.29 bits per heavy atom. The minimum atomic E-state index is -0.432. The summed E-state index contributed by atoms with van der Waals surface area (Å²) in [5, 5.41) is 9.19. The highest BCUT2D eigenvalue weighted by molar-refractivity contribution is 5.87. The monoisotopic (exact) mass is 195 g/mol. The second-order valence-corrected chi connectivity index (χ2v) is 2.78. The Kier molecular flexibility index (Phi) is 3.34. The number of benzene rings is 1. The van der Waals surface area contributed by atoms with E-state index in [4.69, 9.17) is 4.74 Å². The van der Waals surface area contributed by atoms with E-state index in [2.05, 4.69) is 0 Å². The molecule has 0 aliphatic heterocycles. The minimum Gasteiger partial charge on any atom is -0.508 e. The maximum Gasteiger partial charge on any atom is 0.413 e. The first-order valence-corrected chi connectivity index (χ1v) is 4.34. The number of anilines is 1. The number of rotatable bonds is 2. The largest absolute Gasteiger partial charge is 0.508 e. The van der Waals surface area contributed by atoms with Crippen molar-refractivity contribution < 1.29 is 14.6 Å². The topological polar surface area (TPSA) is 49.8 Å². The highest BCUT2D eigenvalue weighted by Gasteiger charge is 2.11. The van der Waals surface area contributed by atoms with Crippen LogP contribution < -0.4 is 4.90 Å². The fourth-order valence-electron chi connectivity index (χ4n) is 1.03. The average molecular weight is 195 g/mol. The predicted octanol–water partition coefficient (Wildman–Crippen LogP) is 1.98. The van der Waals surface area contributed by atoms with Crippen LogP contribution in [-0.2, 0) is 4.74 Å². The van der Waals surface area contributed by atoms with Crippen molar-refractivity contribution in [1.29, 1.82) is 0 Å². The second-order valence-electron chi connectivity index (χ2n) is 2.78. The third-order valence-electron chi connectivity index (χ3n) is 1.76. The van der Waals surface area contributed by atoms with E-state index in [1.54, 1.807) is 32.2 Å². The molecule has 14 heavy (non-hydrogen) atoms. The zero-order valence-electron chi connectivity index (χ0n) is 8.23. The molecule has 1 aromatic carbocycles. The lowest BCUT2D eigenvalue weighted by Gasteiger charge is -2.16. The van der Waals surface area contributed by atoms with Crippen molar-refractivity contribution in [1.82, 2.24) is 0 Å². The SMILES string of the molecule is CCOC(=O)N(C)c1cccc(O)c1. The Hall–Kier alpha value is -1.71. The third kappa shape index (κ3) is 2.39. The number of carbonyl (C=O) groups is 1. The smallest absolute Gasteiger partial charge is 0.413 e. The molecule has 1 aromatic rings. The molecule has 0 bridgehead atoms. The molecule has 1 rings (SSSR count). The molecule has 0 saturated carbocycles. The van der Waals surface area contributed by atoms with Crippen LogP contribution in [0, 0.1) is 0 Å². The molecular formula is C10H13NO3. The van der Waals surface area contributed by atoms with E-state index in [-0.39, 0.29) is 5.75 Å². The number of aromatic hydroxyl groups is 1. The molecule has 0 saturated heterocycles. The molecule has 0 aliphatic rings. The highest BCUT2D eigenvalue weighted by Crippen LogP contribution is 2.19. The Bertz CT molecular complexity index is 325. The number of hydrogen-bond acceptors (Lipinski definition) is 3. The van der Waals surface area contributed by atoms with Crippen LogP contribution in [0.1, 0.15) is 6.92 Å². The molecule has 0 aromatic heterocycles. The van der Waals surface area contributed by atoms with Gasteiger partial charge < -0.3 is 9.84 Å². The van der Waals surface area contributed by atoms with E-state index in [1.807, 2.05) is 0 Å². The Morgan fingerprint density at radius 3 is 2.86 bits per heavy atom. The fourth-order valence-corrected chi connectivity index (χ4v) is 1.03. The Balaban J connectivity index is 2.78. The molecule has 4 nitrogen and oxygen atoms in total. The van der Waals surface area contributed by atoms with E-state index in [0.29, 0.717) is 12.3 Å². The van der Waals surface area contributed by atoms with Crippen molar-refractivity contribution in [3.8, 4) is 5.75 Å². The van der Waals surface area contributed by atoms with E-state index in [0.717, 1.165) is 0 Å². The van der Waals surface area contributed by atoms with Crippen LogP contribution in [-0.4, -0.2) is 24.9 Å². The molecule has 4 heteroatoms. The number of ether oxygens (including phenoxy) is 1. The summed E-state index contributed by atoms with van der Waals surface area (Å²) in [6.07, 6.45) is -0.432. The van der Waals surface area contributed by atoms with E-state index in [1.165, 1.54) is 11.0 Å². The maximum absolute atomic E-state index is 11.3. The summed E-state index contributed by atoms with van der Waals surface area (Å²) in [4.78, 5) is 12.6.